The zero-order valence-corrected chi connectivity index (χ0v) is 15.4. The molecule has 0 aliphatic rings. The minimum Gasteiger partial charge on any atom is -0.494 e. The average molecular weight is 374 g/mol. The van der Waals surface area contributed by atoms with Gasteiger partial charge in [-0.05, 0) is 42.0 Å². The van der Waals surface area contributed by atoms with Crippen molar-refractivity contribution in [1.82, 2.24) is 25.4 Å². The van der Waals surface area contributed by atoms with Gasteiger partial charge in [0.15, 0.2) is 5.82 Å². The van der Waals surface area contributed by atoms with Crippen LogP contribution < -0.4 is 10.1 Å². The topological polar surface area (TPSA) is 108 Å². The third-order valence-electron chi connectivity index (χ3n) is 3.46. The van der Waals surface area contributed by atoms with Crippen LogP contribution in [0.5, 0.6) is 5.75 Å². The summed E-state index contributed by atoms with van der Waals surface area (Å²) < 4.78 is 11.9. The summed E-state index contributed by atoms with van der Waals surface area (Å²) in [6.45, 7) is 3.74. The largest absolute Gasteiger partial charge is 0.494 e. The summed E-state index contributed by atoms with van der Waals surface area (Å²) >= 11 is 1.38. The molecule has 0 saturated carbocycles. The van der Waals surface area contributed by atoms with E-state index in [1.54, 1.807) is 24.8 Å². The van der Waals surface area contributed by atoms with Gasteiger partial charge in [-0.3, -0.25) is 4.79 Å². The Balaban J connectivity index is 1.63. The molecule has 1 aromatic carbocycles. The number of methoxy groups -OCH3 is 1. The lowest BCUT2D eigenvalue weighted by Crippen LogP contribution is -2.12. The highest BCUT2D eigenvalue weighted by molar-refractivity contribution is 7.99. The third-order valence-corrected chi connectivity index (χ3v) is 4.38. The number of nitrogens with zero attached hydrogens (tertiary/aromatic N) is 5. The lowest BCUT2D eigenvalue weighted by Gasteiger charge is -2.10. The van der Waals surface area contributed by atoms with Gasteiger partial charge < -0.3 is 14.6 Å². The van der Waals surface area contributed by atoms with Crippen LogP contribution in [0, 0.1) is 13.8 Å². The molecule has 0 bridgehead atoms. The molecule has 0 unspecified atom stereocenters. The summed E-state index contributed by atoms with van der Waals surface area (Å²) in [5.74, 6) is 2.08. The first-order chi connectivity index (χ1) is 12.6. The number of aromatic nitrogens is 5. The van der Waals surface area contributed by atoms with Crippen LogP contribution in [0.25, 0.3) is 5.69 Å². The van der Waals surface area contributed by atoms with Crippen LogP contribution in [-0.4, -0.2) is 44.1 Å². The summed E-state index contributed by atoms with van der Waals surface area (Å²) in [6.07, 6.45) is 0.286. The van der Waals surface area contributed by atoms with Crippen molar-refractivity contribution >= 4 is 23.5 Å². The number of amides is 1. The van der Waals surface area contributed by atoms with E-state index in [2.05, 4.69) is 26.0 Å². The molecule has 136 valence electrons. The van der Waals surface area contributed by atoms with E-state index >= 15 is 0 Å². The van der Waals surface area contributed by atoms with Crippen molar-refractivity contribution in [3.05, 3.63) is 35.6 Å². The highest BCUT2D eigenvalue weighted by Gasteiger charge is 2.14. The second-order valence-electron chi connectivity index (χ2n) is 5.52. The average Bonchev–Trinajstić information content (AvgIpc) is 3.24. The molecule has 9 nitrogen and oxygen atoms in total. The molecule has 3 aromatic rings. The molecule has 26 heavy (non-hydrogen) atoms. The molecule has 0 atom stereocenters. The monoisotopic (exact) mass is 374 g/mol. The van der Waals surface area contributed by atoms with Crippen molar-refractivity contribution in [2.75, 3.05) is 18.2 Å². The van der Waals surface area contributed by atoms with Crippen LogP contribution in [0.4, 0.5) is 5.82 Å². The van der Waals surface area contributed by atoms with Crippen molar-refractivity contribution in [1.29, 1.82) is 0 Å². The number of hydrogen-bond acceptors (Lipinski definition) is 8. The summed E-state index contributed by atoms with van der Waals surface area (Å²) in [6, 6.07) is 7.43. The van der Waals surface area contributed by atoms with Crippen molar-refractivity contribution in [2.45, 2.75) is 25.4 Å². The first-order valence-corrected chi connectivity index (χ1v) is 8.84. The minimum absolute atomic E-state index is 0.155. The van der Waals surface area contributed by atoms with Crippen LogP contribution in [0.2, 0.25) is 0 Å². The Labute approximate surface area is 154 Å². The van der Waals surface area contributed by atoms with Gasteiger partial charge >= 0.3 is 0 Å². The number of thioether (sulfide) groups is 1. The molecule has 0 aliphatic carbocycles. The number of hydrogen-bond donors (Lipinski definition) is 1. The Hall–Kier alpha value is -2.88. The Bertz CT molecular complexity index is 907. The van der Waals surface area contributed by atoms with Crippen LogP contribution >= 0.6 is 11.8 Å². The fraction of sp³-hybridized carbons (Fsp3) is 0.312. The first-order valence-electron chi connectivity index (χ1n) is 7.86. The molecule has 0 radical (unpaired) electrons. The number of rotatable bonds is 7. The zero-order chi connectivity index (χ0) is 18.5. The van der Waals surface area contributed by atoms with Gasteiger partial charge in [0.25, 0.3) is 0 Å². The SMILES string of the molecule is COc1ccc(C)cc1-n1nnnc1SCCC(=O)Nc1cc(C)on1. The second-order valence-corrected chi connectivity index (χ2v) is 6.58. The van der Waals surface area contributed by atoms with Gasteiger partial charge in [0.05, 0.1) is 7.11 Å². The number of ether oxygens (including phenoxy) is 1. The van der Waals surface area contributed by atoms with Gasteiger partial charge in [-0.1, -0.05) is 23.0 Å². The van der Waals surface area contributed by atoms with Crippen molar-refractivity contribution in [2.24, 2.45) is 0 Å². The molecule has 2 heterocycles. The normalized spacial score (nSPS) is 10.7. The summed E-state index contributed by atoms with van der Waals surface area (Å²) in [4.78, 5) is 12.0. The fourth-order valence-electron chi connectivity index (χ4n) is 2.25. The van der Waals surface area contributed by atoms with E-state index in [1.165, 1.54) is 11.8 Å². The lowest BCUT2D eigenvalue weighted by molar-refractivity contribution is -0.115. The molecule has 1 amide bonds. The van der Waals surface area contributed by atoms with E-state index in [9.17, 15) is 4.79 Å². The maximum absolute atomic E-state index is 12.0. The van der Waals surface area contributed by atoms with Crippen LogP contribution in [0.1, 0.15) is 17.7 Å². The van der Waals surface area contributed by atoms with Crippen molar-refractivity contribution in [3.8, 4) is 11.4 Å². The van der Waals surface area contributed by atoms with E-state index in [0.717, 1.165) is 11.3 Å². The van der Waals surface area contributed by atoms with Crippen LogP contribution in [-0.2, 0) is 4.79 Å². The molecule has 2 aromatic heterocycles. The number of tetrazole rings is 1. The number of nitrogens with one attached hydrogen (secondary N) is 1. The quantitative estimate of drug-likeness (QED) is 0.628. The third kappa shape index (κ3) is 4.20. The fourth-order valence-corrected chi connectivity index (χ4v) is 3.07. The Morgan fingerprint density at radius 3 is 2.92 bits per heavy atom. The molecule has 0 spiro atoms. The van der Waals surface area contributed by atoms with Crippen LogP contribution in [0.15, 0.2) is 33.9 Å². The van der Waals surface area contributed by atoms with Crippen LogP contribution in [0.3, 0.4) is 0 Å². The second kappa shape index (κ2) is 8.00. The van der Waals surface area contributed by atoms with Crippen molar-refractivity contribution < 1.29 is 14.1 Å². The van der Waals surface area contributed by atoms with E-state index in [4.69, 9.17) is 9.26 Å². The number of anilines is 1. The Morgan fingerprint density at radius 2 is 2.19 bits per heavy atom. The zero-order valence-electron chi connectivity index (χ0n) is 14.6. The molecule has 1 N–H and O–H groups in total. The van der Waals surface area contributed by atoms with Crippen molar-refractivity contribution in [3.63, 3.8) is 0 Å². The highest BCUT2D eigenvalue weighted by atomic mass is 32.2. The summed E-state index contributed by atoms with van der Waals surface area (Å²) in [5, 5.41) is 18.8. The number of carbonyl (C=O) groups is 1. The molecular weight excluding hydrogens is 356 g/mol. The molecule has 0 fully saturated rings. The molecular formula is C16H18N6O3S. The smallest absolute Gasteiger partial charge is 0.226 e. The lowest BCUT2D eigenvalue weighted by atomic mass is 10.2. The molecule has 10 heteroatoms. The minimum atomic E-state index is -0.155. The van der Waals surface area contributed by atoms with Gasteiger partial charge in [-0.15, -0.1) is 5.10 Å². The maximum Gasteiger partial charge on any atom is 0.226 e. The standard InChI is InChI=1S/C16H18N6O3S/c1-10-4-5-13(24-3)12(8-10)22-16(18-20-21-22)26-7-6-15(23)17-14-9-11(2)25-19-14/h4-5,8-9H,6-7H2,1-3H3,(H,17,19,23). The molecule has 0 aliphatic heterocycles. The van der Waals surface area contributed by atoms with Gasteiger partial charge in [-0.25, -0.2) is 0 Å². The molecule has 3 rings (SSSR count). The number of aryl methyl sites for hydroxylation is 2. The Morgan fingerprint density at radius 1 is 1.35 bits per heavy atom. The summed E-state index contributed by atoms with van der Waals surface area (Å²) in [5.41, 5.74) is 1.82. The van der Waals surface area contributed by atoms with Gasteiger partial charge in [0, 0.05) is 18.2 Å². The van der Waals surface area contributed by atoms with E-state index in [1.807, 2.05) is 25.1 Å². The maximum atomic E-state index is 12.0. The molecule has 0 saturated heterocycles. The van der Waals surface area contributed by atoms with Gasteiger partial charge in [0.2, 0.25) is 11.1 Å². The predicted molar refractivity (Wildman–Crippen MR) is 95.7 cm³/mol. The van der Waals surface area contributed by atoms with E-state index < -0.39 is 0 Å². The van der Waals surface area contributed by atoms with E-state index in [-0.39, 0.29) is 12.3 Å². The Kier molecular flexibility index (Phi) is 5.52. The van der Waals surface area contributed by atoms with E-state index in [0.29, 0.717) is 28.2 Å². The predicted octanol–water partition coefficient (Wildman–Crippen LogP) is 2.40. The highest BCUT2D eigenvalue weighted by Crippen LogP contribution is 2.27. The number of benzene rings is 1. The van der Waals surface area contributed by atoms with Gasteiger partial charge in [-0.2, -0.15) is 4.68 Å². The first kappa shape index (κ1) is 17.9. The summed E-state index contributed by atoms with van der Waals surface area (Å²) in [7, 11) is 1.60. The number of carbonyl (C=O) groups excluding carboxylic acids is 1. The van der Waals surface area contributed by atoms with Gasteiger partial charge in [0.1, 0.15) is 17.2 Å².